The van der Waals surface area contributed by atoms with Crippen molar-refractivity contribution >= 4 is 21.4 Å². The lowest BCUT2D eigenvalue weighted by Crippen LogP contribution is -2.08. The van der Waals surface area contributed by atoms with E-state index in [2.05, 4.69) is 10.2 Å². The van der Waals surface area contributed by atoms with E-state index in [0.717, 1.165) is 11.8 Å². The number of hydrogen-bond donors (Lipinski definition) is 1. The molecule has 0 radical (unpaired) electrons. The molecule has 1 aromatic heterocycles. The molecule has 0 saturated carbocycles. The summed E-state index contributed by atoms with van der Waals surface area (Å²) < 4.78 is 23.1. The minimum Gasteiger partial charge on any atom is -0.268 e. The number of aromatic amines is 1. The molecule has 0 spiro atoms. The molecule has 0 unspecified atom stereocenters. The van der Waals surface area contributed by atoms with Crippen LogP contribution in [0.3, 0.4) is 0 Å². The van der Waals surface area contributed by atoms with Crippen molar-refractivity contribution < 1.29 is 8.42 Å². The zero-order valence-electron chi connectivity index (χ0n) is 12.7. The zero-order valence-corrected chi connectivity index (χ0v) is 14.2. The minimum atomic E-state index is -3.27. The molecule has 0 saturated heterocycles. The third-order valence-electron chi connectivity index (χ3n) is 3.52. The fourth-order valence-electron chi connectivity index (χ4n) is 2.33. The van der Waals surface area contributed by atoms with E-state index in [1.807, 2.05) is 0 Å². The molecule has 0 amide bonds. The molecule has 3 rings (SSSR count). The summed E-state index contributed by atoms with van der Waals surface area (Å²) in [4.78, 5) is 11.9. The fraction of sp³-hybridized carbons (Fsp3) is 0.0588. The second kappa shape index (κ2) is 6.22. The molecule has 0 fully saturated rings. The first-order valence-electron chi connectivity index (χ1n) is 7.01. The van der Waals surface area contributed by atoms with Crippen LogP contribution in [0.5, 0.6) is 0 Å². The predicted molar refractivity (Wildman–Crippen MR) is 93.8 cm³/mol. The molecule has 0 aliphatic rings. The molecule has 0 bridgehead atoms. The molecular weight excluding hydrogens is 348 g/mol. The van der Waals surface area contributed by atoms with Crippen molar-refractivity contribution in [3.8, 4) is 22.4 Å². The number of rotatable bonds is 3. The molecule has 3 aromatic rings. The topological polar surface area (TPSA) is 79.9 Å². The molecule has 2 aromatic carbocycles. The molecule has 5 nitrogen and oxygen atoms in total. The number of benzene rings is 2. The van der Waals surface area contributed by atoms with Gasteiger partial charge in [0.05, 0.1) is 10.6 Å². The molecule has 0 atom stereocenters. The lowest BCUT2D eigenvalue weighted by Gasteiger charge is -2.09. The first-order chi connectivity index (χ1) is 11.3. The fourth-order valence-corrected chi connectivity index (χ4v) is 3.09. The van der Waals surface area contributed by atoms with Gasteiger partial charge in [-0.3, -0.25) is 4.79 Å². The Labute approximate surface area is 143 Å². The first kappa shape index (κ1) is 16.4. The van der Waals surface area contributed by atoms with Crippen LogP contribution >= 0.6 is 11.6 Å². The summed E-state index contributed by atoms with van der Waals surface area (Å²) >= 11 is 5.91. The number of H-pyrrole nitrogens is 1. The van der Waals surface area contributed by atoms with E-state index < -0.39 is 9.84 Å². The smallest absolute Gasteiger partial charge is 0.264 e. The normalized spacial score (nSPS) is 11.4. The van der Waals surface area contributed by atoms with Crippen LogP contribution in [0.25, 0.3) is 22.4 Å². The van der Waals surface area contributed by atoms with E-state index in [0.29, 0.717) is 21.8 Å². The summed E-state index contributed by atoms with van der Waals surface area (Å²) in [5.41, 5.74) is 2.36. The van der Waals surface area contributed by atoms with Crippen LogP contribution in [-0.4, -0.2) is 24.9 Å². The van der Waals surface area contributed by atoms with Crippen LogP contribution in [0.1, 0.15) is 0 Å². The van der Waals surface area contributed by atoms with Gasteiger partial charge in [0, 0.05) is 28.5 Å². The van der Waals surface area contributed by atoms with Crippen molar-refractivity contribution in [1.29, 1.82) is 0 Å². The van der Waals surface area contributed by atoms with Crippen molar-refractivity contribution in [3.63, 3.8) is 0 Å². The van der Waals surface area contributed by atoms with Crippen LogP contribution in [0.2, 0.25) is 5.02 Å². The molecule has 7 heteroatoms. The van der Waals surface area contributed by atoms with E-state index in [4.69, 9.17) is 11.6 Å². The summed E-state index contributed by atoms with van der Waals surface area (Å²) in [6.07, 6.45) is 1.15. The van der Waals surface area contributed by atoms with Gasteiger partial charge in [0.1, 0.15) is 0 Å². The van der Waals surface area contributed by atoms with Crippen molar-refractivity contribution in [3.05, 3.63) is 70.0 Å². The monoisotopic (exact) mass is 360 g/mol. The Kier molecular flexibility index (Phi) is 4.26. The highest BCUT2D eigenvalue weighted by Crippen LogP contribution is 2.30. The van der Waals surface area contributed by atoms with Gasteiger partial charge < -0.3 is 0 Å². The molecule has 0 aliphatic heterocycles. The number of hydrogen-bond acceptors (Lipinski definition) is 4. The lowest BCUT2D eigenvalue weighted by molar-refractivity contribution is 0.602. The van der Waals surface area contributed by atoms with Gasteiger partial charge in [0.15, 0.2) is 9.84 Å². The average Bonchev–Trinajstić information content (AvgIpc) is 2.55. The van der Waals surface area contributed by atoms with Crippen LogP contribution < -0.4 is 5.56 Å². The average molecular weight is 361 g/mol. The highest BCUT2D eigenvalue weighted by molar-refractivity contribution is 7.90. The van der Waals surface area contributed by atoms with E-state index >= 15 is 0 Å². The Morgan fingerprint density at radius 2 is 1.54 bits per heavy atom. The van der Waals surface area contributed by atoms with E-state index in [1.165, 1.54) is 18.2 Å². The van der Waals surface area contributed by atoms with Gasteiger partial charge in [0.2, 0.25) is 0 Å². The quantitative estimate of drug-likeness (QED) is 0.778. The summed E-state index contributed by atoms with van der Waals surface area (Å²) in [5, 5.41) is 7.13. The number of nitrogens with zero attached hydrogens (tertiary/aromatic N) is 1. The lowest BCUT2D eigenvalue weighted by atomic mass is 10.0. The second-order valence-electron chi connectivity index (χ2n) is 5.30. The van der Waals surface area contributed by atoms with Crippen LogP contribution in [0, 0.1) is 0 Å². The van der Waals surface area contributed by atoms with Gasteiger partial charge in [-0.25, -0.2) is 13.5 Å². The Morgan fingerprint density at radius 3 is 2.12 bits per heavy atom. The van der Waals surface area contributed by atoms with Crippen LogP contribution in [-0.2, 0) is 9.84 Å². The maximum absolute atomic E-state index is 11.7. The van der Waals surface area contributed by atoms with E-state index in [-0.39, 0.29) is 10.5 Å². The second-order valence-corrected chi connectivity index (χ2v) is 7.75. The van der Waals surface area contributed by atoms with Crippen molar-refractivity contribution in [2.75, 3.05) is 6.26 Å². The number of sulfone groups is 1. The van der Waals surface area contributed by atoms with Gasteiger partial charge in [-0.2, -0.15) is 5.10 Å². The SMILES string of the molecule is CS(=O)(=O)c1ccc(-c2n[nH]c(=O)cc2-c2ccc(Cl)cc2)cc1. The molecule has 1 N–H and O–H groups in total. The highest BCUT2D eigenvalue weighted by Gasteiger charge is 2.12. The minimum absolute atomic E-state index is 0.226. The van der Waals surface area contributed by atoms with Crippen molar-refractivity contribution in [2.45, 2.75) is 4.90 Å². The Bertz CT molecular complexity index is 1040. The Balaban J connectivity index is 2.15. The third kappa shape index (κ3) is 3.39. The number of nitrogens with one attached hydrogen (secondary N) is 1. The summed E-state index contributed by atoms with van der Waals surface area (Å²) in [5.74, 6) is 0. The summed E-state index contributed by atoms with van der Waals surface area (Å²) in [6, 6.07) is 14.9. The van der Waals surface area contributed by atoms with Gasteiger partial charge in [-0.05, 0) is 29.8 Å². The van der Waals surface area contributed by atoms with Crippen molar-refractivity contribution in [2.24, 2.45) is 0 Å². The predicted octanol–water partition coefficient (Wildman–Crippen LogP) is 3.16. The van der Waals surface area contributed by atoms with Crippen molar-refractivity contribution in [1.82, 2.24) is 10.2 Å². The molecule has 24 heavy (non-hydrogen) atoms. The maximum atomic E-state index is 11.7. The Morgan fingerprint density at radius 1 is 0.958 bits per heavy atom. The van der Waals surface area contributed by atoms with E-state index in [9.17, 15) is 13.2 Å². The molecular formula is C17H13ClN2O3S. The first-order valence-corrected chi connectivity index (χ1v) is 9.28. The van der Waals surface area contributed by atoms with E-state index in [1.54, 1.807) is 36.4 Å². The molecule has 0 aliphatic carbocycles. The Hall–Kier alpha value is -2.44. The number of aromatic nitrogens is 2. The standard InChI is InChI=1S/C17H13ClN2O3S/c1-24(22,23)14-8-4-12(5-9-14)17-15(10-16(21)19-20-17)11-2-6-13(18)7-3-11/h2-10H,1H3,(H,19,21). The summed E-state index contributed by atoms with van der Waals surface area (Å²) in [6.45, 7) is 0. The largest absolute Gasteiger partial charge is 0.268 e. The van der Waals surface area contributed by atoms with Gasteiger partial charge in [0.25, 0.3) is 5.56 Å². The molecule has 122 valence electrons. The van der Waals surface area contributed by atoms with Gasteiger partial charge in [-0.15, -0.1) is 0 Å². The van der Waals surface area contributed by atoms with Gasteiger partial charge >= 0.3 is 0 Å². The molecule has 1 heterocycles. The summed E-state index contributed by atoms with van der Waals surface area (Å²) in [7, 11) is -3.27. The van der Waals surface area contributed by atoms with Crippen LogP contribution in [0.15, 0.2) is 64.3 Å². The third-order valence-corrected chi connectivity index (χ3v) is 4.90. The number of halogens is 1. The zero-order chi connectivity index (χ0) is 17.3. The maximum Gasteiger partial charge on any atom is 0.264 e. The van der Waals surface area contributed by atoms with Gasteiger partial charge in [-0.1, -0.05) is 35.9 Å². The van der Waals surface area contributed by atoms with Crippen LogP contribution in [0.4, 0.5) is 0 Å². The highest BCUT2D eigenvalue weighted by atomic mass is 35.5.